The fourth-order valence-corrected chi connectivity index (χ4v) is 4.60. The zero-order valence-corrected chi connectivity index (χ0v) is 20.3. The van der Waals surface area contributed by atoms with Gasteiger partial charge in [-0.1, -0.05) is 0 Å². The molecule has 1 fully saturated rings. The average Bonchev–Trinajstić information content (AvgIpc) is 2.85. The van der Waals surface area contributed by atoms with Gasteiger partial charge in [-0.25, -0.2) is 22.8 Å². The van der Waals surface area contributed by atoms with Crippen LogP contribution in [0.25, 0.3) is 0 Å². The van der Waals surface area contributed by atoms with Crippen LogP contribution in [0, 0.1) is 5.82 Å². The predicted molar refractivity (Wildman–Crippen MR) is 126 cm³/mol. The number of aromatic nitrogens is 3. The molecule has 0 N–H and O–H groups in total. The van der Waals surface area contributed by atoms with E-state index >= 15 is 0 Å². The first-order valence-corrected chi connectivity index (χ1v) is 12.8. The fraction of sp³-hybridized carbons (Fsp3) is 0.348. The average molecular weight is 524 g/mol. The van der Waals surface area contributed by atoms with E-state index in [4.69, 9.17) is 4.74 Å². The number of nitrogens with zero attached hydrogens (tertiary/aromatic N) is 5. The zero-order valence-electron chi connectivity index (χ0n) is 19.5. The van der Waals surface area contributed by atoms with Crippen LogP contribution in [0.4, 0.5) is 30.5 Å². The zero-order chi connectivity index (χ0) is 25.9. The summed E-state index contributed by atoms with van der Waals surface area (Å²) < 4.78 is 72.8. The summed E-state index contributed by atoms with van der Waals surface area (Å²) in [6, 6.07) is 5.93. The quantitative estimate of drug-likeness (QED) is 0.436. The number of rotatable bonds is 8. The van der Waals surface area contributed by atoms with Crippen molar-refractivity contribution in [2.45, 2.75) is 30.4 Å². The van der Waals surface area contributed by atoms with Gasteiger partial charge in [0.25, 0.3) is 0 Å². The van der Waals surface area contributed by atoms with E-state index in [9.17, 15) is 21.6 Å². The summed E-state index contributed by atoms with van der Waals surface area (Å²) >= 11 is 0. The number of hydrogen-bond acceptors (Lipinski definition) is 9. The Morgan fingerprint density at radius 1 is 1.06 bits per heavy atom. The molecule has 1 aliphatic heterocycles. The van der Waals surface area contributed by atoms with E-state index in [0.29, 0.717) is 43.3 Å². The summed E-state index contributed by atoms with van der Waals surface area (Å²) in [5.74, 6) is -0.206. The van der Waals surface area contributed by atoms with E-state index in [2.05, 4.69) is 19.7 Å². The maximum Gasteiger partial charge on any atom is 0.387 e. The SMILES string of the molecule is COc1c(F)cncc1N(c1ccc(OC(F)F)cc1)C1CCN(c2ncc(S(C)(=O)=O)cn2)CC1. The normalized spacial score (nSPS) is 14.7. The Balaban J connectivity index is 1.60. The molecule has 0 saturated carbocycles. The summed E-state index contributed by atoms with van der Waals surface area (Å²) in [5.41, 5.74) is 1.02. The first-order chi connectivity index (χ1) is 17.2. The van der Waals surface area contributed by atoms with Crippen molar-refractivity contribution in [3.05, 3.63) is 54.9 Å². The number of ether oxygens (including phenoxy) is 2. The smallest absolute Gasteiger partial charge is 0.387 e. The number of piperidine rings is 1. The third kappa shape index (κ3) is 5.61. The van der Waals surface area contributed by atoms with Crippen LogP contribution in [-0.2, 0) is 9.84 Å². The highest BCUT2D eigenvalue weighted by Crippen LogP contribution is 2.39. The first-order valence-electron chi connectivity index (χ1n) is 11.0. The Hall–Kier alpha value is -3.61. The third-order valence-electron chi connectivity index (χ3n) is 5.79. The largest absolute Gasteiger partial charge is 0.491 e. The van der Waals surface area contributed by atoms with Crippen LogP contribution in [0.2, 0.25) is 0 Å². The van der Waals surface area contributed by atoms with Crippen molar-refractivity contribution in [2.24, 2.45) is 0 Å². The van der Waals surface area contributed by atoms with Gasteiger partial charge in [-0.05, 0) is 37.1 Å². The molecule has 1 saturated heterocycles. The van der Waals surface area contributed by atoms with Crippen LogP contribution >= 0.6 is 0 Å². The molecule has 0 atom stereocenters. The molecule has 0 amide bonds. The van der Waals surface area contributed by atoms with Crippen LogP contribution in [0.5, 0.6) is 11.5 Å². The lowest BCUT2D eigenvalue weighted by molar-refractivity contribution is -0.0498. The van der Waals surface area contributed by atoms with E-state index in [0.717, 1.165) is 12.5 Å². The number of sulfone groups is 1. The van der Waals surface area contributed by atoms with Crippen LogP contribution in [0.1, 0.15) is 12.8 Å². The summed E-state index contributed by atoms with van der Waals surface area (Å²) in [7, 11) is -2.04. The highest BCUT2D eigenvalue weighted by atomic mass is 32.2. The lowest BCUT2D eigenvalue weighted by Crippen LogP contribution is -2.44. The molecule has 0 bridgehead atoms. The Labute approximate surface area is 206 Å². The third-order valence-corrected chi connectivity index (χ3v) is 6.86. The Kier molecular flexibility index (Phi) is 7.48. The van der Waals surface area contributed by atoms with Gasteiger partial charge in [-0.2, -0.15) is 8.78 Å². The van der Waals surface area contributed by atoms with Crippen molar-refractivity contribution in [3.63, 3.8) is 0 Å². The molecule has 0 spiro atoms. The second-order valence-electron chi connectivity index (χ2n) is 8.13. The molecular formula is C23H24F3N5O4S. The van der Waals surface area contributed by atoms with E-state index < -0.39 is 22.3 Å². The molecular weight excluding hydrogens is 499 g/mol. The van der Waals surface area contributed by atoms with Crippen molar-refractivity contribution in [3.8, 4) is 11.5 Å². The minimum Gasteiger partial charge on any atom is -0.491 e. The van der Waals surface area contributed by atoms with Crippen molar-refractivity contribution >= 4 is 27.2 Å². The van der Waals surface area contributed by atoms with Gasteiger partial charge in [0, 0.05) is 31.1 Å². The second kappa shape index (κ2) is 10.6. The van der Waals surface area contributed by atoms with Gasteiger partial charge in [0.05, 0.1) is 31.9 Å². The van der Waals surface area contributed by atoms with Gasteiger partial charge in [0.15, 0.2) is 21.4 Å². The minimum atomic E-state index is -3.40. The topological polar surface area (TPSA) is 97.8 Å². The summed E-state index contributed by atoms with van der Waals surface area (Å²) in [5, 5.41) is 0. The molecule has 4 rings (SSSR count). The van der Waals surface area contributed by atoms with Gasteiger partial charge < -0.3 is 19.3 Å². The highest BCUT2D eigenvalue weighted by molar-refractivity contribution is 7.90. The number of anilines is 3. The maximum atomic E-state index is 14.5. The Bertz CT molecular complexity index is 1290. The van der Waals surface area contributed by atoms with E-state index in [1.54, 1.807) is 12.1 Å². The second-order valence-corrected chi connectivity index (χ2v) is 10.1. The number of pyridine rings is 1. The predicted octanol–water partition coefficient (Wildman–Crippen LogP) is 3.83. The molecule has 1 aliphatic rings. The van der Waals surface area contributed by atoms with Gasteiger partial charge >= 0.3 is 6.61 Å². The lowest BCUT2D eigenvalue weighted by atomic mass is 10.0. The minimum absolute atomic E-state index is 0.00235. The van der Waals surface area contributed by atoms with Gasteiger partial charge in [-0.15, -0.1) is 0 Å². The monoisotopic (exact) mass is 523 g/mol. The summed E-state index contributed by atoms with van der Waals surface area (Å²) in [4.78, 5) is 16.2. The molecule has 36 heavy (non-hydrogen) atoms. The summed E-state index contributed by atoms with van der Waals surface area (Å²) in [6.45, 7) is -1.87. The molecule has 2 aromatic heterocycles. The van der Waals surface area contributed by atoms with E-state index in [1.807, 2.05) is 9.80 Å². The molecule has 192 valence electrons. The molecule has 0 aliphatic carbocycles. The van der Waals surface area contributed by atoms with Crippen molar-refractivity contribution in [2.75, 3.05) is 36.3 Å². The maximum absolute atomic E-state index is 14.5. The van der Waals surface area contributed by atoms with Crippen LogP contribution in [0.3, 0.4) is 0 Å². The van der Waals surface area contributed by atoms with E-state index in [1.165, 1.54) is 37.8 Å². The highest BCUT2D eigenvalue weighted by Gasteiger charge is 2.30. The molecule has 9 nitrogen and oxygen atoms in total. The number of hydrogen-bond donors (Lipinski definition) is 0. The van der Waals surface area contributed by atoms with Gasteiger partial charge in [-0.3, -0.25) is 4.98 Å². The van der Waals surface area contributed by atoms with Crippen LogP contribution in [-0.4, -0.2) is 62.5 Å². The Morgan fingerprint density at radius 2 is 1.69 bits per heavy atom. The standard InChI is InChI=1S/C23H24F3N5O4S/c1-34-21-19(24)13-27-14-20(21)31(15-3-5-17(6-4-15)35-22(25)26)16-7-9-30(10-8-16)23-28-11-18(12-29-23)36(2,32)33/h3-6,11-14,16,22H,7-10H2,1-2H3. The number of alkyl halides is 2. The summed E-state index contributed by atoms with van der Waals surface area (Å²) in [6.07, 6.45) is 7.40. The van der Waals surface area contributed by atoms with Gasteiger partial charge in [0.2, 0.25) is 5.95 Å². The number of methoxy groups -OCH3 is 1. The van der Waals surface area contributed by atoms with Crippen molar-refractivity contribution in [1.82, 2.24) is 15.0 Å². The van der Waals surface area contributed by atoms with Crippen molar-refractivity contribution < 1.29 is 31.1 Å². The number of benzene rings is 1. The van der Waals surface area contributed by atoms with E-state index in [-0.39, 0.29) is 22.4 Å². The molecule has 0 radical (unpaired) electrons. The van der Waals surface area contributed by atoms with Crippen LogP contribution in [0.15, 0.2) is 53.9 Å². The molecule has 3 heterocycles. The van der Waals surface area contributed by atoms with Crippen molar-refractivity contribution in [1.29, 1.82) is 0 Å². The molecule has 3 aromatic rings. The molecule has 13 heteroatoms. The first kappa shape index (κ1) is 25.5. The number of halogens is 3. The fourth-order valence-electron chi connectivity index (χ4n) is 4.11. The Morgan fingerprint density at radius 3 is 2.25 bits per heavy atom. The molecule has 1 aromatic carbocycles. The lowest BCUT2D eigenvalue weighted by Gasteiger charge is -2.40. The van der Waals surface area contributed by atoms with Crippen LogP contribution < -0.4 is 19.3 Å². The van der Waals surface area contributed by atoms with Gasteiger partial charge in [0.1, 0.15) is 16.3 Å². The molecule has 0 unspecified atom stereocenters.